The van der Waals surface area contributed by atoms with E-state index in [4.69, 9.17) is 5.73 Å². The maximum atomic E-state index is 6.28. The Balaban J connectivity index is 2.91. The largest absolute Gasteiger partial charge is 0.321 e. The normalized spacial score (nSPS) is 14.1. The highest BCUT2D eigenvalue weighted by molar-refractivity contribution is 5.09. The van der Waals surface area contributed by atoms with Crippen LogP contribution in [0.3, 0.4) is 0 Å². The average Bonchev–Trinajstić information content (AvgIpc) is 2.30. The van der Waals surface area contributed by atoms with Gasteiger partial charge in [-0.1, -0.05) is 13.8 Å². The van der Waals surface area contributed by atoms with Gasteiger partial charge >= 0.3 is 0 Å². The first kappa shape index (κ1) is 13.1. The molecule has 1 rings (SSSR count). The maximum Gasteiger partial charge on any atom is 0.0772 e. The van der Waals surface area contributed by atoms with Crippen molar-refractivity contribution in [2.45, 2.75) is 39.3 Å². The van der Waals surface area contributed by atoms with Gasteiger partial charge in [0, 0.05) is 17.9 Å². The molecule has 0 amide bonds. The molecule has 1 aromatic rings. The molecule has 2 N–H and O–H groups in total. The molecule has 4 heteroatoms. The summed E-state index contributed by atoms with van der Waals surface area (Å²) in [6.07, 6.45) is 5.10. The van der Waals surface area contributed by atoms with Crippen molar-refractivity contribution < 1.29 is 0 Å². The lowest BCUT2D eigenvalue weighted by Gasteiger charge is -2.41. The summed E-state index contributed by atoms with van der Waals surface area (Å²) in [6.45, 7) is 10.6. The van der Waals surface area contributed by atoms with Gasteiger partial charge in [0.1, 0.15) is 0 Å². The predicted octanol–water partition coefficient (Wildman–Crippen LogP) is 1.60. The standard InChI is InChI=1S/C12H22N4/c1-5-16(6-2)12(3,4)11(13)10-9-14-7-8-15-10/h7-9,11H,5-6,13H2,1-4H3. The average molecular weight is 222 g/mol. The van der Waals surface area contributed by atoms with Gasteiger partial charge in [-0.3, -0.25) is 14.9 Å². The van der Waals surface area contributed by atoms with Crippen molar-refractivity contribution >= 4 is 0 Å². The predicted molar refractivity (Wildman–Crippen MR) is 66.0 cm³/mol. The molecule has 90 valence electrons. The van der Waals surface area contributed by atoms with E-state index in [1.807, 2.05) is 0 Å². The summed E-state index contributed by atoms with van der Waals surface area (Å²) in [5.74, 6) is 0. The zero-order valence-electron chi connectivity index (χ0n) is 10.6. The van der Waals surface area contributed by atoms with Crippen LogP contribution in [0.25, 0.3) is 0 Å². The van der Waals surface area contributed by atoms with E-state index in [1.54, 1.807) is 18.6 Å². The van der Waals surface area contributed by atoms with Gasteiger partial charge in [0.25, 0.3) is 0 Å². The zero-order valence-corrected chi connectivity index (χ0v) is 10.6. The van der Waals surface area contributed by atoms with Crippen molar-refractivity contribution in [1.29, 1.82) is 0 Å². The molecule has 0 aliphatic rings. The Kier molecular flexibility index (Phi) is 4.38. The molecule has 0 aromatic carbocycles. The molecule has 1 atom stereocenters. The summed E-state index contributed by atoms with van der Waals surface area (Å²) in [6, 6.07) is -0.124. The Bertz CT molecular complexity index is 306. The third-order valence-electron chi connectivity index (χ3n) is 3.24. The van der Waals surface area contributed by atoms with Gasteiger partial charge < -0.3 is 5.73 Å². The fraction of sp³-hybridized carbons (Fsp3) is 0.667. The summed E-state index contributed by atoms with van der Waals surface area (Å²) >= 11 is 0. The molecular weight excluding hydrogens is 200 g/mol. The molecule has 0 bridgehead atoms. The summed E-state index contributed by atoms with van der Waals surface area (Å²) in [7, 11) is 0. The topological polar surface area (TPSA) is 55.0 Å². The molecular formula is C12H22N4. The second-order valence-electron chi connectivity index (χ2n) is 4.43. The van der Waals surface area contributed by atoms with E-state index in [1.165, 1.54) is 0 Å². The van der Waals surface area contributed by atoms with Crippen molar-refractivity contribution in [3.8, 4) is 0 Å². The Morgan fingerprint density at radius 1 is 1.31 bits per heavy atom. The maximum absolute atomic E-state index is 6.28. The van der Waals surface area contributed by atoms with Crippen LogP contribution in [0.5, 0.6) is 0 Å². The molecule has 0 saturated heterocycles. The molecule has 0 spiro atoms. The highest BCUT2D eigenvalue weighted by Crippen LogP contribution is 2.27. The minimum Gasteiger partial charge on any atom is -0.321 e. The van der Waals surface area contributed by atoms with Gasteiger partial charge in [-0.15, -0.1) is 0 Å². The fourth-order valence-corrected chi connectivity index (χ4v) is 2.07. The summed E-state index contributed by atoms with van der Waals surface area (Å²) in [5, 5.41) is 0. The highest BCUT2D eigenvalue weighted by atomic mass is 15.2. The van der Waals surface area contributed by atoms with Crippen LogP contribution in [0.15, 0.2) is 18.6 Å². The van der Waals surface area contributed by atoms with Crippen molar-refractivity contribution in [1.82, 2.24) is 14.9 Å². The summed E-state index contributed by atoms with van der Waals surface area (Å²) in [4.78, 5) is 10.7. The number of aromatic nitrogens is 2. The molecule has 0 aliphatic carbocycles. The Morgan fingerprint density at radius 3 is 2.38 bits per heavy atom. The van der Waals surface area contributed by atoms with Gasteiger partial charge in [0.15, 0.2) is 0 Å². The molecule has 1 aromatic heterocycles. The summed E-state index contributed by atoms with van der Waals surface area (Å²) in [5.41, 5.74) is 7.02. The van der Waals surface area contributed by atoms with Crippen molar-refractivity contribution in [3.05, 3.63) is 24.3 Å². The van der Waals surface area contributed by atoms with Crippen LogP contribution in [-0.2, 0) is 0 Å². The first-order valence-electron chi connectivity index (χ1n) is 5.80. The van der Waals surface area contributed by atoms with Crippen molar-refractivity contribution in [2.24, 2.45) is 5.73 Å². The van der Waals surface area contributed by atoms with Gasteiger partial charge in [0.2, 0.25) is 0 Å². The van der Waals surface area contributed by atoms with E-state index in [0.717, 1.165) is 18.8 Å². The highest BCUT2D eigenvalue weighted by Gasteiger charge is 2.33. The van der Waals surface area contributed by atoms with Crippen molar-refractivity contribution in [3.63, 3.8) is 0 Å². The van der Waals surface area contributed by atoms with Crippen LogP contribution in [0.4, 0.5) is 0 Å². The Morgan fingerprint density at radius 2 is 1.94 bits per heavy atom. The molecule has 0 aliphatic heterocycles. The third kappa shape index (κ3) is 2.57. The van der Waals surface area contributed by atoms with Crippen LogP contribution in [0, 0.1) is 0 Å². The third-order valence-corrected chi connectivity index (χ3v) is 3.24. The minimum atomic E-state index is -0.124. The number of hydrogen-bond donors (Lipinski definition) is 1. The Labute approximate surface area is 97.9 Å². The van der Waals surface area contributed by atoms with Crippen LogP contribution in [0.1, 0.15) is 39.4 Å². The molecule has 16 heavy (non-hydrogen) atoms. The molecule has 1 heterocycles. The molecule has 4 nitrogen and oxygen atoms in total. The van der Waals surface area contributed by atoms with Crippen molar-refractivity contribution in [2.75, 3.05) is 13.1 Å². The van der Waals surface area contributed by atoms with Gasteiger partial charge in [-0.05, 0) is 26.9 Å². The molecule has 0 radical (unpaired) electrons. The first-order chi connectivity index (χ1) is 7.54. The van der Waals surface area contributed by atoms with E-state index >= 15 is 0 Å². The first-order valence-corrected chi connectivity index (χ1v) is 5.80. The lowest BCUT2D eigenvalue weighted by molar-refractivity contribution is 0.105. The second kappa shape index (κ2) is 5.37. The number of rotatable bonds is 5. The molecule has 0 saturated carbocycles. The van der Waals surface area contributed by atoms with E-state index in [0.29, 0.717) is 0 Å². The Hall–Kier alpha value is -1.00. The van der Waals surface area contributed by atoms with E-state index in [2.05, 4.69) is 42.6 Å². The molecule has 1 unspecified atom stereocenters. The summed E-state index contributed by atoms with van der Waals surface area (Å²) < 4.78 is 0. The second-order valence-corrected chi connectivity index (χ2v) is 4.43. The van der Waals surface area contributed by atoms with Crippen LogP contribution in [0.2, 0.25) is 0 Å². The van der Waals surface area contributed by atoms with Gasteiger partial charge in [0.05, 0.1) is 17.9 Å². The number of hydrogen-bond acceptors (Lipinski definition) is 4. The monoisotopic (exact) mass is 222 g/mol. The van der Waals surface area contributed by atoms with Crippen LogP contribution >= 0.6 is 0 Å². The van der Waals surface area contributed by atoms with E-state index in [9.17, 15) is 0 Å². The smallest absolute Gasteiger partial charge is 0.0772 e. The SMILES string of the molecule is CCN(CC)C(C)(C)C(N)c1cnccn1. The zero-order chi connectivity index (χ0) is 12.2. The minimum absolute atomic E-state index is 0.112. The number of likely N-dealkylation sites (N-methyl/N-ethyl adjacent to an activating group) is 1. The lowest BCUT2D eigenvalue weighted by atomic mass is 9.90. The van der Waals surface area contributed by atoms with E-state index < -0.39 is 0 Å². The van der Waals surface area contributed by atoms with Crippen LogP contribution < -0.4 is 5.73 Å². The quantitative estimate of drug-likeness (QED) is 0.822. The fourth-order valence-electron chi connectivity index (χ4n) is 2.07. The lowest BCUT2D eigenvalue weighted by Crippen LogP contribution is -2.51. The van der Waals surface area contributed by atoms with Gasteiger partial charge in [-0.25, -0.2) is 0 Å². The van der Waals surface area contributed by atoms with Gasteiger partial charge in [-0.2, -0.15) is 0 Å². The number of nitrogens with zero attached hydrogens (tertiary/aromatic N) is 3. The van der Waals surface area contributed by atoms with Crippen LogP contribution in [-0.4, -0.2) is 33.5 Å². The number of nitrogens with two attached hydrogens (primary N) is 1. The molecule has 0 fully saturated rings. The van der Waals surface area contributed by atoms with E-state index in [-0.39, 0.29) is 11.6 Å².